The van der Waals surface area contributed by atoms with Crippen LogP contribution in [0.2, 0.25) is 0 Å². The lowest BCUT2D eigenvalue weighted by Crippen LogP contribution is -2.41. The minimum Gasteiger partial charge on any atom is -0.357 e. The zero-order valence-electron chi connectivity index (χ0n) is 16.5. The average Bonchev–Trinajstić information content (AvgIpc) is 3.45. The molecule has 0 unspecified atom stereocenters. The Hall–Kier alpha value is -2.44. The van der Waals surface area contributed by atoms with Gasteiger partial charge in [0.1, 0.15) is 18.2 Å². The first kappa shape index (κ1) is 18.9. The number of rotatable bonds is 6. The fourth-order valence-corrected chi connectivity index (χ4v) is 3.94. The second-order valence-electron chi connectivity index (χ2n) is 7.83. The number of hydrogen-bond donors (Lipinski definition) is 2. The van der Waals surface area contributed by atoms with Gasteiger partial charge in [0, 0.05) is 31.5 Å². The summed E-state index contributed by atoms with van der Waals surface area (Å²) in [4.78, 5) is 4.73. The highest BCUT2D eigenvalue weighted by atomic mass is 19.1. The summed E-state index contributed by atoms with van der Waals surface area (Å²) in [5.41, 5.74) is 1.09. The summed E-state index contributed by atoms with van der Waals surface area (Å²) in [6, 6.07) is 6.97. The molecule has 150 valence electrons. The smallest absolute Gasteiger partial charge is 0.191 e. The summed E-state index contributed by atoms with van der Waals surface area (Å²) in [6.07, 6.45) is 6.76. The molecule has 2 aromatic rings. The first-order valence-corrected chi connectivity index (χ1v) is 10.4. The molecule has 4 rings (SSSR count). The first-order chi connectivity index (χ1) is 13.7. The van der Waals surface area contributed by atoms with Crippen molar-refractivity contribution in [2.24, 2.45) is 4.99 Å². The van der Waals surface area contributed by atoms with E-state index < -0.39 is 0 Å². The van der Waals surface area contributed by atoms with Crippen LogP contribution in [0, 0.1) is 5.82 Å². The maximum atomic E-state index is 13.6. The Morgan fingerprint density at radius 2 is 2.11 bits per heavy atom. The molecule has 1 aliphatic carbocycles. The van der Waals surface area contributed by atoms with Crippen molar-refractivity contribution in [1.82, 2.24) is 25.4 Å². The van der Waals surface area contributed by atoms with Gasteiger partial charge in [0.15, 0.2) is 11.8 Å². The van der Waals surface area contributed by atoms with Crippen LogP contribution in [0.3, 0.4) is 0 Å². The van der Waals surface area contributed by atoms with E-state index in [1.54, 1.807) is 12.1 Å². The number of fused-ring (bicyclic) bond motifs is 1. The number of nitrogens with zero attached hydrogens (tertiary/aromatic N) is 4. The normalized spacial score (nSPS) is 18.3. The van der Waals surface area contributed by atoms with Crippen molar-refractivity contribution in [3.05, 3.63) is 47.3 Å². The summed E-state index contributed by atoms with van der Waals surface area (Å²) >= 11 is 0. The predicted octanol–water partition coefficient (Wildman–Crippen LogP) is 2.93. The van der Waals surface area contributed by atoms with Crippen LogP contribution in [-0.4, -0.2) is 33.8 Å². The largest absolute Gasteiger partial charge is 0.357 e. The molecule has 0 amide bonds. The highest BCUT2D eigenvalue weighted by Crippen LogP contribution is 2.47. The molecule has 6 nitrogen and oxygen atoms in total. The number of benzene rings is 1. The van der Waals surface area contributed by atoms with E-state index in [4.69, 9.17) is 4.99 Å². The van der Waals surface area contributed by atoms with Crippen LogP contribution in [-0.2, 0) is 24.9 Å². The summed E-state index contributed by atoms with van der Waals surface area (Å²) in [5.74, 6) is 2.62. The van der Waals surface area contributed by atoms with E-state index in [0.717, 1.165) is 62.1 Å². The molecule has 0 bridgehead atoms. The monoisotopic (exact) mass is 384 g/mol. The van der Waals surface area contributed by atoms with Gasteiger partial charge in [-0.1, -0.05) is 18.6 Å². The molecule has 2 N–H and O–H groups in total. The quantitative estimate of drug-likeness (QED) is 0.594. The Morgan fingerprint density at radius 3 is 2.89 bits per heavy atom. The summed E-state index contributed by atoms with van der Waals surface area (Å²) < 4.78 is 15.8. The van der Waals surface area contributed by atoms with Crippen LogP contribution in [0.15, 0.2) is 29.3 Å². The number of aliphatic imine (C=N–C) groups is 1. The molecule has 28 heavy (non-hydrogen) atoms. The number of aryl methyl sites for hydroxylation is 1. The van der Waals surface area contributed by atoms with Crippen LogP contribution < -0.4 is 10.6 Å². The molecule has 2 heterocycles. The minimum absolute atomic E-state index is 0.0181. The van der Waals surface area contributed by atoms with Gasteiger partial charge in [-0.05, 0) is 50.3 Å². The van der Waals surface area contributed by atoms with Crippen LogP contribution >= 0.6 is 0 Å². The zero-order chi connectivity index (χ0) is 19.4. The standard InChI is InChI=1S/C21H29FN6/c1-2-23-20(24-14-19-27-26-18-9-4-3-5-12-28(18)19)25-15-21(10-11-21)16-7-6-8-17(22)13-16/h6-8,13H,2-5,9-12,14-15H2,1H3,(H2,23,24,25). The van der Waals surface area contributed by atoms with E-state index >= 15 is 0 Å². The Labute approximate surface area is 165 Å². The summed E-state index contributed by atoms with van der Waals surface area (Å²) in [7, 11) is 0. The average molecular weight is 385 g/mol. The lowest BCUT2D eigenvalue weighted by molar-refractivity contribution is 0.601. The van der Waals surface area contributed by atoms with Gasteiger partial charge in [0.2, 0.25) is 0 Å². The fourth-order valence-electron chi connectivity index (χ4n) is 3.94. The third-order valence-electron chi connectivity index (χ3n) is 5.79. The van der Waals surface area contributed by atoms with Crippen molar-refractivity contribution >= 4 is 5.96 Å². The maximum Gasteiger partial charge on any atom is 0.191 e. The lowest BCUT2D eigenvalue weighted by atomic mass is 9.96. The molecular formula is C21H29FN6. The first-order valence-electron chi connectivity index (χ1n) is 10.4. The molecule has 1 aromatic carbocycles. The van der Waals surface area contributed by atoms with E-state index in [9.17, 15) is 4.39 Å². The molecule has 0 atom stereocenters. The third kappa shape index (κ3) is 4.18. The second-order valence-corrected chi connectivity index (χ2v) is 7.83. The van der Waals surface area contributed by atoms with Gasteiger partial charge in [-0.15, -0.1) is 10.2 Å². The number of aromatic nitrogens is 3. The van der Waals surface area contributed by atoms with Crippen molar-refractivity contribution in [3.63, 3.8) is 0 Å². The van der Waals surface area contributed by atoms with Crippen LogP contribution in [0.5, 0.6) is 0 Å². The van der Waals surface area contributed by atoms with Gasteiger partial charge in [-0.25, -0.2) is 9.38 Å². The molecule has 0 radical (unpaired) electrons. The van der Waals surface area contributed by atoms with E-state index in [0.29, 0.717) is 6.54 Å². The van der Waals surface area contributed by atoms with Gasteiger partial charge in [-0.3, -0.25) is 0 Å². The van der Waals surface area contributed by atoms with E-state index in [1.807, 2.05) is 6.07 Å². The highest BCUT2D eigenvalue weighted by Gasteiger charge is 2.44. The molecule has 0 saturated heterocycles. The van der Waals surface area contributed by atoms with Crippen LogP contribution in [0.4, 0.5) is 4.39 Å². The zero-order valence-corrected chi connectivity index (χ0v) is 16.5. The molecule has 2 aliphatic rings. The van der Waals surface area contributed by atoms with Gasteiger partial charge in [0.05, 0.1) is 0 Å². The molecule has 1 aliphatic heterocycles. The molecule has 7 heteroatoms. The van der Waals surface area contributed by atoms with Gasteiger partial charge in [0.25, 0.3) is 0 Å². The van der Waals surface area contributed by atoms with Gasteiger partial charge < -0.3 is 15.2 Å². The Morgan fingerprint density at radius 1 is 1.21 bits per heavy atom. The molecule has 0 spiro atoms. The number of halogens is 1. The van der Waals surface area contributed by atoms with Gasteiger partial charge >= 0.3 is 0 Å². The maximum absolute atomic E-state index is 13.6. The van der Waals surface area contributed by atoms with Crippen molar-refractivity contribution < 1.29 is 4.39 Å². The molecule has 1 saturated carbocycles. The Balaban J connectivity index is 1.42. The lowest BCUT2D eigenvalue weighted by Gasteiger charge is -2.19. The van der Waals surface area contributed by atoms with E-state index in [1.165, 1.54) is 25.3 Å². The second kappa shape index (κ2) is 8.29. The van der Waals surface area contributed by atoms with Gasteiger partial charge in [-0.2, -0.15) is 0 Å². The Bertz CT molecular complexity index is 839. The third-order valence-corrected chi connectivity index (χ3v) is 5.79. The molecular weight excluding hydrogens is 355 g/mol. The summed E-state index contributed by atoms with van der Waals surface area (Å²) in [6.45, 7) is 5.09. The van der Waals surface area contributed by atoms with Crippen LogP contribution in [0.25, 0.3) is 0 Å². The highest BCUT2D eigenvalue weighted by molar-refractivity contribution is 5.79. The fraction of sp³-hybridized carbons (Fsp3) is 0.571. The molecule has 1 aromatic heterocycles. The van der Waals surface area contributed by atoms with Crippen molar-refractivity contribution in [1.29, 1.82) is 0 Å². The molecule has 1 fully saturated rings. The predicted molar refractivity (Wildman–Crippen MR) is 108 cm³/mol. The number of guanidine groups is 1. The number of nitrogens with one attached hydrogen (secondary N) is 2. The Kier molecular flexibility index (Phi) is 5.59. The van der Waals surface area contributed by atoms with E-state index in [2.05, 4.69) is 32.3 Å². The van der Waals surface area contributed by atoms with E-state index in [-0.39, 0.29) is 11.2 Å². The number of hydrogen-bond acceptors (Lipinski definition) is 3. The SMILES string of the molecule is CCNC(=NCc1nnc2n1CCCCC2)NCC1(c2cccc(F)c2)CC1. The summed E-state index contributed by atoms with van der Waals surface area (Å²) in [5, 5.41) is 15.5. The minimum atomic E-state index is -0.170. The van der Waals surface area contributed by atoms with Crippen molar-refractivity contribution in [2.45, 2.75) is 64.0 Å². The van der Waals surface area contributed by atoms with Crippen molar-refractivity contribution in [2.75, 3.05) is 13.1 Å². The van der Waals surface area contributed by atoms with Crippen molar-refractivity contribution in [3.8, 4) is 0 Å². The van der Waals surface area contributed by atoms with Crippen LogP contribution in [0.1, 0.15) is 56.2 Å². The topological polar surface area (TPSA) is 67.1 Å².